The lowest BCUT2D eigenvalue weighted by molar-refractivity contribution is -0.148. The lowest BCUT2D eigenvalue weighted by Gasteiger charge is -2.29. The Hall–Kier alpha value is -2.19. The van der Waals surface area contributed by atoms with Crippen LogP contribution in [-0.2, 0) is 24.3 Å². The van der Waals surface area contributed by atoms with E-state index >= 15 is 0 Å². The molecule has 7 nitrogen and oxygen atoms in total. The SMILES string of the molecule is Cc1ccc(/C=C/S(=O)(=O)NCCC(=O)OCC(=O)N[C@H]2CCCC[C@@H]2C)cc1. The summed E-state index contributed by atoms with van der Waals surface area (Å²) in [5.74, 6) is -0.522. The number of esters is 1. The molecule has 1 aromatic rings. The average molecular weight is 423 g/mol. The van der Waals surface area contributed by atoms with E-state index in [0.29, 0.717) is 5.92 Å². The number of hydrogen-bond acceptors (Lipinski definition) is 5. The summed E-state index contributed by atoms with van der Waals surface area (Å²) >= 11 is 0. The Bertz CT molecular complexity index is 818. The Kier molecular flexibility index (Phi) is 8.85. The monoisotopic (exact) mass is 422 g/mol. The number of rotatable bonds is 9. The molecule has 0 saturated heterocycles. The number of hydrogen-bond donors (Lipinski definition) is 2. The zero-order valence-electron chi connectivity index (χ0n) is 17.0. The van der Waals surface area contributed by atoms with Gasteiger partial charge < -0.3 is 10.1 Å². The van der Waals surface area contributed by atoms with Gasteiger partial charge in [-0.3, -0.25) is 9.59 Å². The molecule has 2 N–H and O–H groups in total. The molecule has 0 radical (unpaired) electrons. The number of carbonyl (C=O) groups excluding carboxylic acids is 2. The van der Waals surface area contributed by atoms with Crippen molar-refractivity contribution in [2.24, 2.45) is 5.92 Å². The van der Waals surface area contributed by atoms with Crippen LogP contribution in [0.2, 0.25) is 0 Å². The predicted molar refractivity (Wildman–Crippen MR) is 112 cm³/mol. The van der Waals surface area contributed by atoms with Crippen molar-refractivity contribution in [1.29, 1.82) is 0 Å². The minimum Gasteiger partial charge on any atom is -0.456 e. The molecule has 0 heterocycles. The normalized spacial score (nSPS) is 19.8. The maximum atomic E-state index is 12.0. The highest BCUT2D eigenvalue weighted by molar-refractivity contribution is 7.92. The zero-order chi connectivity index (χ0) is 21.3. The summed E-state index contributed by atoms with van der Waals surface area (Å²) in [4.78, 5) is 23.7. The van der Waals surface area contributed by atoms with E-state index < -0.39 is 16.0 Å². The van der Waals surface area contributed by atoms with E-state index in [-0.39, 0.29) is 31.5 Å². The molecule has 1 saturated carbocycles. The Morgan fingerprint density at radius 3 is 2.55 bits per heavy atom. The first-order valence-corrected chi connectivity index (χ1v) is 11.5. The van der Waals surface area contributed by atoms with Crippen molar-refractivity contribution in [3.05, 3.63) is 40.8 Å². The standard InChI is InChI=1S/C21H30N2O5S/c1-16-7-9-18(10-8-16)12-14-29(26,27)22-13-11-21(25)28-15-20(24)23-19-6-4-3-5-17(19)2/h7-10,12,14,17,19,22H,3-6,11,13,15H2,1-2H3,(H,23,24)/b14-12+/t17-,19-/m0/s1. The average Bonchev–Trinajstić information content (AvgIpc) is 2.68. The third kappa shape index (κ3) is 8.79. The molecule has 0 bridgehead atoms. The first kappa shape index (κ1) is 23.1. The fourth-order valence-electron chi connectivity index (χ4n) is 3.19. The Labute approximate surface area is 173 Å². The molecule has 0 aliphatic heterocycles. The number of sulfonamides is 1. The van der Waals surface area contributed by atoms with E-state index in [4.69, 9.17) is 4.74 Å². The summed E-state index contributed by atoms with van der Waals surface area (Å²) in [6, 6.07) is 7.54. The van der Waals surface area contributed by atoms with Crippen LogP contribution in [0.4, 0.5) is 0 Å². The van der Waals surface area contributed by atoms with E-state index in [2.05, 4.69) is 17.0 Å². The van der Waals surface area contributed by atoms with Gasteiger partial charge in [0.2, 0.25) is 10.0 Å². The molecule has 8 heteroatoms. The quantitative estimate of drug-likeness (QED) is 0.596. The van der Waals surface area contributed by atoms with Crippen LogP contribution in [0.1, 0.15) is 50.2 Å². The van der Waals surface area contributed by atoms with E-state index in [1.807, 2.05) is 31.2 Å². The maximum absolute atomic E-state index is 12.0. The van der Waals surface area contributed by atoms with Gasteiger partial charge in [0.1, 0.15) is 0 Å². The zero-order valence-corrected chi connectivity index (χ0v) is 17.8. The van der Waals surface area contributed by atoms with E-state index in [1.165, 1.54) is 12.5 Å². The lowest BCUT2D eigenvalue weighted by Crippen LogP contribution is -2.43. The van der Waals surface area contributed by atoms with Gasteiger partial charge in [-0.15, -0.1) is 0 Å². The molecule has 29 heavy (non-hydrogen) atoms. The van der Waals surface area contributed by atoms with Crippen molar-refractivity contribution < 1.29 is 22.7 Å². The summed E-state index contributed by atoms with van der Waals surface area (Å²) in [5.41, 5.74) is 1.85. The first-order valence-electron chi connectivity index (χ1n) is 9.94. The molecular formula is C21H30N2O5S. The topological polar surface area (TPSA) is 102 Å². The molecular weight excluding hydrogens is 392 g/mol. The number of amides is 1. The van der Waals surface area contributed by atoms with Crippen LogP contribution in [0.3, 0.4) is 0 Å². The van der Waals surface area contributed by atoms with Gasteiger partial charge in [-0.2, -0.15) is 0 Å². The van der Waals surface area contributed by atoms with Gasteiger partial charge in [-0.25, -0.2) is 13.1 Å². The summed E-state index contributed by atoms with van der Waals surface area (Å²) in [6.07, 6.45) is 5.63. The fourth-order valence-corrected chi connectivity index (χ4v) is 4.01. The summed E-state index contributed by atoms with van der Waals surface area (Å²) < 4.78 is 31.2. The second-order valence-electron chi connectivity index (χ2n) is 7.50. The molecule has 0 unspecified atom stereocenters. The Morgan fingerprint density at radius 2 is 1.86 bits per heavy atom. The summed E-state index contributed by atoms with van der Waals surface area (Å²) in [6.45, 7) is 3.61. The molecule has 1 amide bonds. The van der Waals surface area contributed by atoms with Crippen LogP contribution in [0.25, 0.3) is 6.08 Å². The van der Waals surface area contributed by atoms with Crippen LogP contribution in [0.15, 0.2) is 29.7 Å². The van der Waals surface area contributed by atoms with Crippen LogP contribution in [0, 0.1) is 12.8 Å². The van der Waals surface area contributed by atoms with Gasteiger partial charge in [0.25, 0.3) is 5.91 Å². The van der Waals surface area contributed by atoms with E-state index in [0.717, 1.165) is 35.8 Å². The number of carbonyl (C=O) groups is 2. The third-order valence-electron chi connectivity index (χ3n) is 4.97. The smallest absolute Gasteiger partial charge is 0.307 e. The lowest BCUT2D eigenvalue weighted by atomic mass is 9.86. The van der Waals surface area contributed by atoms with Crippen molar-refractivity contribution in [2.45, 2.75) is 52.0 Å². The van der Waals surface area contributed by atoms with E-state index in [9.17, 15) is 18.0 Å². The molecule has 1 aliphatic carbocycles. The third-order valence-corrected chi connectivity index (χ3v) is 6.07. The van der Waals surface area contributed by atoms with Crippen molar-refractivity contribution in [1.82, 2.24) is 10.0 Å². The van der Waals surface area contributed by atoms with Crippen LogP contribution < -0.4 is 10.0 Å². The van der Waals surface area contributed by atoms with Gasteiger partial charge in [-0.05, 0) is 37.3 Å². The number of ether oxygens (including phenoxy) is 1. The largest absolute Gasteiger partial charge is 0.456 e. The second kappa shape index (κ2) is 11.1. The van der Waals surface area contributed by atoms with E-state index in [1.54, 1.807) is 0 Å². The van der Waals surface area contributed by atoms with Gasteiger partial charge in [0.05, 0.1) is 6.42 Å². The number of aryl methyl sites for hydroxylation is 1. The molecule has 0 aromatic heterocycles. The molecule has 2 rings (SSSR count). The number of benzene rings is 1. The van der Waals surface area contributed by atoms with Crippen LogP contribution in [0.5, 0.6) is 0 Å². The molecule has 1 fully saturated rings. The molecule has 1 aromatic carbocycles. The van der Waals surface area contributed by atoms with Crippen molar-refractivity contribution in [3.8, 4) is 0 Å². The summed E-state index contributed by atoms with van der Waals surface area (Å²) in [5, 5.41) is 3.96. The van der Waals surface area contributed by atoms with Crippen LogP contribution in [-0.4, -0.2) is 39.5 Å². The van der Waals surface area contributed by atoms with Gasteiger partial charge in [0, 0.05) is 18.0 Å². The van der Waals surface area contributed by atoms with Crippen molar-refractivity contribution in [2.75, 3.05) is 13.2 Å². The van der Waals surface area contributed by atoms with Gasteiger partial charge in [-0.1, -0.05) is 49.6 Å². The van der Waals surface area contributed by atoms with Crippen LogP contribution >= 0.6 is 0 Å². The Morgan fingerprint density at radius 1 is 1.17 bits per heavy atom. The highest BCUT2D eigenvalue weighted by Crippen LogP contribution is 2.23. The fraction of sp³-hybridized carbons (Fsp3) is 0.524. The maximum Gasteiger partial charge on any atom is 0.307 e. The van der Waals surface area contributed by atoms with Crippen molar-refractivity contribution in [3.63, 3.8) is 0 Å². The number of nitrogens with one attached hydrogen (secondary N) is 2. The minimum atomic E-state index is -3.66. The first-order chi connectivity index (χ1) is 13.7. The summed E-state index contributed by atoms with van der Waals surface area (Å²) in [7, 11) is -3.66. The predicted octanol–water partition coefficient (Wildman–Crippen LogP) is 2.51. The molecule has 0 spiro atoms. The minimum absolute atomic E-state index is 0.0965. The highest BCUT2D eigenvalue weighted by Gasteiger charge is 2.23. The molecule has 160 valence electrons. The highest BCUT2D eigenvalue weighted by atomic mass is 32.2. The second-order valence-corrected chi connectivity index (χ2v) is 9.15. The molecule has 1 aliphatic rings. The Balaban J connectivity index is 1.66. The van der Waals surface area contributed by atoms with Gasteiger partial charge >= 0.3 is 5.97 Å². The van der Waals surface area contributed by atoms with Gasteiger partial charge in [0.15, 0.2) is 6.61 Å². The molecule has 2 atom stereocenters. The van der Waals surface area contributed by atoms with Crippen molar-refractivity contribution >= 4 is 28.0 Å².